The van der Waals surface area contributed by atoms with Crippen LogP contribution in [0.4, 0.5) is 14.4 Å². The number of rotatable bonds is 12. The standard InChI is InChI=1S/C48H85N9O11/c1-33(2)30-35(36-40(60)65-48(15,16)64-36)38(58)50-37(44(3,4)5)39(59)49-20-17-25-57-32-34(51-52-57)31-53-21-18-22-55(42(62)67-46(9,10)11)28-29-56(43(63)68-47(12,13)14)24-19-23-54(27-26-53)41(61)66-45(6,7)8/h32-33,35-37H,17-31H2,1-16H3,(H,49,59)(H,50,58)/t35-,36+,37-/m1/s1. The number of esters is 1. The second-order valence-electron chi connectivity index (χ2n) is 22.9. The second-order valence-corrected chi connectivity index (χ2v) is 22.9. The van der Waals surface area contributed by atoms with Crippen LogP contribution in [-0.2, 0) is 51.2 Å². The summed E-state index contributed by atoms with van der Waals surface area (Å²) in [5.41, 5.74) is -2.12. The molecule has 5 amide bonds. The van der Waals surface area contributed by atoms with Gasteiger partial charge in [0.2, 0.25) is 17.6 Å². The van der Waals surface area contributed by atoms with Gasteiger partial charge in [-0.1, -0.05) is 39.8 Å². The molecule has 0 aromatic carbocycles. The Morgan fingerprint density at radius 2 is 1.22 bits per heavy atom. The van der Waals surface area contributed by atoms with E-state index in [-0.39, 0.29) is 31.5 Å². The van der Waals surface area contributed by atoms with Crippen molar-refractivity contribution in [2.24, 2.45) is 17.3 Å². The zero-order chi connectivity index (χ0) is 51.4. The highest BCUT2D eigenvalue weighted by atomic mass is 16.8. The van der Waals surface area contributed by atoms with Crippen LogP contribution in [0.1, 0.15) is 142 Å². The molecule has 2 aliphatic heterocycles. The number of carbonyl (C=O) groups excluding carboxylic acids is 6. The highest BCUT2D eigenvalue weighted by Crippen LogP contribution is 2.32. The van der Waals surface area contributed by atoms with Crippen LogP contribution in [0.3, 0.4) is 0 Å². The predicted octanol–water partition coefficient (Wildman–Crippen LogP) is 5.96. The van der Waals surface area contributed by atoms with Gasteiger partial charge in [0.1, 0.15) is 22.8 Å². The first kappa shape index (κ1) is 57.6. The third-order valence-corrected chi connectivity index (χ3v) is 10.7. The Morgan fingerprint density at radius 1 is 0.735 bits per heavy atom. The molecule has 2 N–H and O–H groups in total. The molecule has 1 aromatic heterocycles. The van der Waals surface area contributed by atoms with Crippen molar-refractivity contribution in [3.63, 3.8) is 0 Å². The molecule has 0 spiro atoms. The van der Waals surface area contributed by atoms with Crippen LogP contribution in [0.25, 0.3) is 0 Å². The Labute approximate surface area is 405 Å². The van der Waals surface area contributed by atoms with Gasteiger partial charge in [-0.05, 0) is 99.3 Å². The van der Waals surface area contributed by atoms with Crippen LogP contribution in [0, 0.1) is 17.3 Å². The van der Waals surface area contributed by atoms with Gasteiger partial charge in [-0.25, -0.2) is 19.2 Å². The lowest BCUT2D eigenvalue weighted by Crippen LogP contribution is -2.56. The van der Waals surface area contributed by atoms with Gasteiger partial charge < -0.3 is 49.0 Å². The average Bonchev–Trinajstić information content (AvgIpc) is 3.73. The molecule has 3 rings (SSSR count). The molecule has 3 atom stereocenters. The van der Waals surface area contributed by atoms with Crippen LogP contribution in [0.15, 0.2) is 6.20 Å². The normalized spacial score (nSPS) is 19.4. The molecule has 2 fully saturated rings. The topological polar surface area (TPSA) is 216 Å². The number of carbonyl (C=O) groups is 6. The summed E-state index contributed by atoms with van der Waals surface area (Å²) in [5, 5.41) is 14.7. The Kier molecular flexibility index (Phi) is 20.5. The predicted molar refractivity (Wildman–Crippen MR) is 255 cm³/mol. The van der Waals surface area contributed by atoms with E-state index in [1.165, 1.54) is 0 Å². The first-order valence-corrected chi connectivity index (χ1v) is 24.3. The fraction of sp³-hybridized carbons (Fsp3) is 0.833. The number of aromatic nitrogens is 3. The van der Waals surface area contributed by atoms with Crippen molar-refractivity contribution in [2.75, 3.05) is 58.9 Å². The number of aryl methyl sites for hydroxylation is 1. The maximum absolute atomic E-state index is 13.8. The largest absolute Gasteiger partial charge is 0.444 e. The van der Waals surface area contributed by atoms with Gasteiger partial charge in [-0.15, -0.1) is 5.10 Å². The molecule has 20 heteroatoms. The molecule has 0 unspecified atom stereocenters. The smallest absolute Gasteiger partial charge is 0.410 e. The van der Waals surface area contributed by atoms with Crippen LogP contribution in [0.2, 0.25) is 0 Å². The van der Waals surface area contributed by atoms with E-state index in [9.17, 15) is 28.8 Å². The van der Waals surface area contributed by atoms with Crippen molar-refractivity contribution in [1.82, 2.24) is 45.2 Å². The van der Waals surface area contributed by atoms with E-state index in [4.69, 9.17) is 23.7 Å². The average molecular weight is 964 g/mol. The molecule has 68 heavy (non-hydrogen) atoms. The molecule has 2 saturated heterocycles. The third kappa shape index (κ3) is 20.5. The van der Waals surface area contributed by atoms with Crippen molar-refractivity contribution in [3.8, 4) is 0 Å². The number of nitrogens with one attached hydrogen (secondary N) is 2. The lowest BCUT2D eigenvalue weighted by atomic mass is 9.84. The molecular formula is C48H85N9O11. The minimum absolute atomic E-state index is 0.0740. The highest BCUT2D eigenvalue weighted by Gasteiger charge is 2.48. The van der Waals surface area contributed by atoms with E-state index in [2.05, 4.69) is 25.8 Å². The molecule has 0 aliphatic carbocycles. The molecule has 2 aliphatic rings. The SMILES string of the molecule is CC(C)C[C@@H](C(=O)N[C@H](C(=O)NCCCn1cc(CN2CCCN(C(=O)OC(C)(C)C)CCN(C(=O)OC(C)(C)C)CCCN(C(=O)OC(C)(C)C)CC2)nn1)C(C)(C)C)[C@@H]1OC(C)(C)OC1=O. The van der Waals surface area contributed by atoms with Crippen molar-refractivity contribution in [2.45, 2.75) is 184 Å². The second kappa shape index (κ2) is 24.2. The quantitative estimate of drug-likeness (QED) is 0.140. The molecule has 0 bridgehead atoms. The zero-order valence-electron chi connectivity index (χ0n) is 44.1. The fourth-order valence-electron chi connectivity index (χ4n) is 7.60. The minimum atomic E-state index is -1.15. The molecule has 1 aromatic rings. The van der Waals surface area contributed by atoms with Crippen molar-refractivity contribution in [3.05, 3.63) is 11.9 Å². The lowest BCUT2D eigenvalue weighted by molar-refractivity contribution is -0.162. The fourth-order valence-corrected chi connectivity index (χ4v) is 7.60. The molecular weight excluding hydrogens is 879 g/mol. The maximum Gasteiger partial charge on any atom is 0.410 e. The van der Waals surface area contributed by atoms with Gasteiger partial charge in [0.15, 0.2) is 6.10 Å². The summed E-state index contributed by atoms with van der Waals surface area (Å²) in [4.78, 5) is 87.5. The minimum Gasteiger partial charge on any atom is -0.444 e. The number of amides is 5. The number of hydrogen-bond acceptors (Lipinski definition) is 14. The molecule has 0 saturated carbocycles. The van der Waals surface area contributed by atoms with E-state index in [1.54, 1.807) is 54.0 Å². The number of nitrogens with zero attached hydrogens (tertiary/aromatic N) is 7. The van der Waals surface area contributed by atoms with Gasteiger partial charge in [0.05, 0.1) is 11.6 Å². The lowest BCUT2D eigenvalue weighted by Gasteiger charge is -2.33. The molecule has 20 nitrogen and oxygen atoms in total. The summed E-state index contributed by atoms with van der Waals surface area (Å²) in [7, 11) is 0. The Balaban J connectivity index is 1.72. The van der Waals surface area contributed by atoms with Crippen LogP contribution in [0.5, 0.6) is 0 Å². The summed E-state index contributed by atoms with van der Waals surface area (Å²) in [5.74, 6) is -3.31. The number of hydrogen-bond donors (Lipinski definition) is 2. The third-order valence-electron chi connectivity index (χ3n) is 10.7. The summed E-state index contributed by atoms with van der Waals surface area (Å²) in [6.07, 6.45) is 1.22. The Bertz CT molecular complexity index is 1840. The summed E-state index contributed by atoms with van der Waals surface area (Å²) >= 11 is 0. The number of ether oxygens (including phenoxy) is 5. The van der Waals surface area contributed by atoms with Crippen molar-refractivity contribution >= 4 is 36.1 Å². The first-order valence-electron chi connectivity index (χ1n) is 24.3. The van der Waals surface area contributed by atoms with Crippen LogP contribution >= 0.6 is 0 Å². The van der Waals surface area contributed by atoms with Gasteiger partial charge >= 0.3 is 24.2 Å². The number of cyclic esters (lactones) is 1. The van der Waals surface area contributed by atoms with E-state index in [0.717, 1.165) is 0 Å². The van der Waals surface area contributed by atoms with Gasteiger partial charge in [-0.3, -0.25) is 19.2 Å². The first-order chi connectivity index (χ1) is 31.2. The molecule has 388 valence electrons. The van der Waals surface area contributed by atoms with Crippen LogP contribution < -0.4 is 10.6 Å². The molecule has 0 radical (unpaired) electrons. The van der Waals surface area contributed by atoms with E-state index >= 15 is 0 Å². The van der Waals surface area contributed by atoms with Crippen molar-refractivity contribution in [1.29, 1.82) is 0 Å². The van der Waals surface area contributed by atoms with Crippen molar-refractivity contribution < 1.29 is 52.5 Å². The van der Waals surface area contributed by atoms with Gasteiger partial charge in [-0.2, -0.15) is 0 Å². The summed E-state index contributed by atoms with van der Waals surface area (Å²) < 4.78 is 30.2. The summed E-state index contributed by atoms with van der Waals surface area (Å²) in [6.45, 7) is 32.9. The van der Waals surface area contributed by atoms with E-state index in [1.807, 2.05) is 82.4 Å². The Hall–Kier alpha value is -4.72. The molecule has 3 heterocycles. The van der Waals surface area contributed by atoms with E-state index < -0.39 is 76.2 Å². The van der Waals surface area contributed by atoms with Crippen LogP contribution in [-0.4, -0.2) is 164 Å². The Morgan fingerprint density at radius 3 is 1.66 bits per heavy atom. The maximum atomic E-state index is 13.8. The monoisotopic (exact) mass is 964 g/mol. The van der Waals surface area contributed by atoms with Gasteiger partial charge in [0, 0.05) is 92.0 Å². The van der Waals surface area contributed by atoms with E-state index in [0.29, 0.717) is 83.7 Å². The van der Waals surface area contributed by atoms with Gasteiger partial charge in [0.25, 0.3) is 0 Å². The highest BCUT2D eigenvalue weighted by molar-refractivity contribution is 5.92. The zero-order valence-corrected chi connectivity index (χ0v) is 44.1. The summed E-state index contributed by atoms with van der Waals surface area (Å²) in [6, 6.07) is -0.892.